The van der Waals surface area contributed by atoms with Gasteiger partial charge in [-0.3, -0.25) is 24.1 Å². The fourth-order valence-electron chi connectivity index (χ4n) is 3.74. The molecule has 0 bridgehead atoms. The molecule has 200 valence electrons. The lowest BCUT2D eigenvalue weighted by Gasteiger charge is -2.32. The number of benzene rings is 2. The predicted octanol–water partition coefficient (Wildman–Crippen LogP) is 2.60. The van der Waals surface area contributed by atoms with Gasteiger partial charge in [0.15, 0.2) is 5.69 Å². The number of ether oxygens (including phenoxy) is 2. The third-order valence-corrected chi connectivity index (χ3v) is 6.33. The summed E-state index contributed by atoms with van der Waals surface area (Å²) in [5.41, 5.74) is 12.6. The molecule has 3 rings (SSSR count). The van der Waals surface area contributed by atoms with E-state index in [9.17, 15) is 19.2 Å². The van der Waals surface area contributed by atoms with E-state index in [-0.39, 0.29) is 22.9 Å². The summed E-state index contributed by atoms with van der Waals surface area (Å²) in [7, 11) is 0. The van der Waals surface area contributed by atoms with Crippen LogP contribution in [0.3, 0.4) is 0 Å². The van der Waals surface area contributed by atoms with Crippen molar-refractivity contribution in [3.8, 4) is 5.75 Å². The van der Waals surface area contributed by atoms with Crippen LogP contribution >= 0.6 is 11.5 Å². The Morgan fingerprint density at radius 3 is 2.32 bits per heavy atom. The summed E-state index contributed by atoms with van der Waals surface area (Å²) in [5, 5.41) is 2.56. The molecule has 0 spiro atoms. The first-order valence-corrected chi connectivity index (χ1v) is 12.6. The van der Waals surface area contributed by atoms with Gasteiger partial charge in [0.25, 0.3) is 11.8 Å². The number of hydrogen-bond acceptors (Lipinski definition) is 9. The number of rotatable bonds is 11. The number of primary amides is 1. The van der Waals surface area contributed by atoms with Crippen LogP contribution < -0.4 is 26.4 Å². The molecule has 0 aliphatic carbocycles. The maximum Gasteiger partial charge on any atom is 0.325 e. The Bertz CT molecular complexity index is 1320. The number of amides is 3. The minimum absolute atomic E-state index is 0.0591. The van der Waals surface area contributed by atoms with Crippen molar-refractivity contribution in [3.63, 3.8) is 0 Å². The number of carbonyl (C=O) groups is 4. The number of nitrogens with two attached hydrogens (primary N) is 2. The standard InChI is InChI=1S/C26H29N5O6S/c1-4-36-17-12-10-16(11-13-17)22(25(34)29-14-19(32)37-5-2)31(18-9-7-6-8-15(18)3)26(35)23-20(27)21(24(28)33)30-38-23/h6-13,22H,4-5,14,27H2,1-3H3,(H2,28,33)(H,29,34). The van der Waals surface area contributed by atoms with Crippen molar-refractivity contribution in [2.24, 2.45) is 5.73 Å². The van der Waals surface area contributed by atoms with E-state index in [0.29, 0.717) is 40.7 Å². The van der Waals surface area contributed by atoms with E-state index in [4.69, 9.17) is 20.9 Å². The fraction of sp³-hybridized carbons (Fsp3) is 0.269. The van der Waals surface area contributed by atoms with Gasteiger partial charge in [0.1, 0.15) is 23.2 Å². The zero-order valence-electron chi connectivity index (χ0n) is 21.2. The SMILES string of the molecule is CCOC(=O)CNC(=O)C(c1ccc(OCC)cc1)N(C(=O)c1snc(C(N)=O)c1N)c1ccccc1C. The Labute approximate surface area is 223 Å². The van der Waals surface area contributed by atoms with E-state index in [1.807, 2.05) is 6.92 Å². The van der Waals surface area contributed by atoms with Crippen LogP contribution in [0, 0.1) is 6.92 Å². The van der Waals surface area contributed by atoms with Gasteiger partial charge in [0.2, 0.25) is 5.91 Å². The van der Waals surface area contributed by atoms with Crippen LogP contribution in [0.1, 0.15) is 51.2 Å². The van der Waals surface area contributed by atoms with Crippen LogP contribution in [0.25, 0.3) is 0 Å². The zero-order chi connectivity index (χ0) is 27.8. The van der Waals surface area contributed by atoms with E-state index in [2.05, 4.69) is 9.69 Å². The number of nitrogen functional groups attached to an aromatic ring is 1. The Morgan fingerprint density at radius 2 is 1.74 bits per heavy atom. The highest BCUT2D eigenvalue weighted by atomic mass is 32.1. The molecule has 0 fully saturated rings. The Morgan fingerprint density at radius 1 is 1.05 bits per heavy atom. The normalized spacial score (nSPS) is 11.3. The van der Waals surface area contributed by atoms with Gasteiger partial charge in [0.05, 0.1) is 18.9 Å². The maximum atomic E-state index is 14.1. The third-order valence-electron chi connectivity index (χ3n) is 5.48. The van der Waals surface area contributed by atoms with Crippen molar-refractivity contribution in [1.29, 1.82) is 0 Å². The van der Waals surface area contributed by atoms with Gasteiger partial charge in [-0.1, -0.05) is 30.3 Å². The molecule has 2 aromatic carbocycles. The molecule has 12 heteroatoms. The third kappa shape index (κ3) is 6.27. The quantitative estimate of drug-likeness (QED) is 0.313. The van der Waals surface area contributed by atoms with Crippen molar-refractivity contribution < 1.29 is 28.7 Å². The fourth-order valence-corrected chi connectivity index (χ4v) is 4.48. The highest BCUT2D eigenvalue weighted by Crippen LogP contribution is 2.35. The number of anilines is 2. The molecule has 1 heterocycles. The number of aromatic nitrogens is 1. The van der Waals surface area contributed by atoms with Crippen LogP contribution in [-0.4, -0.2) is 47.8 Å². The minimum Gasteiger partial charge on any atom is -0.494 e. The van der Waals surface area contributed by atoms with E-state index in [1.165, 1.54) is 4.90 Å². The van der Waals surface area contributed by atoms with Gasteiger partial charge in [-0.15, -0.1) is 0 Å². The average Bonchev–Trinajstić information content (AvgIpc) is 3.28. The summed E-state index contributed by atoms with van der Waals surface area (Å²) >= 11 is 0.707. The van der Waals surface area contributed by atoms with Crippen molar-refractivity contribution >= 4 is 46.6 Å². The zero-order valence-corrected chi connectivity index (χ0v) is 22.0. The number of carbonyl (C=O) groups excluding carboxylic acids is 4. The van der Waals surface area contributed by atoms with E-state index >= 15 is 0 Å². The summed E-state index contributed by atoms with van der Waals surface area (Å²) in [6, 6.07) is 12.4. The summed E-state index contributed by atoms with van der Waals surface area (Å²) < 4.78 is 14.4. The summed E-state index contributed by atoms with van der Waals surface area (Å²) in [5.74, 6) is -2.24. The molecule has 5 N–H and O–H groups in total. The number of esters is 1. The molecule has 0 saturated heterocycles. The van der Waals surface area contributed by atoms with E-state index in [0.717, 1.165) is 0 Å². The van der Waals surface area contributed by atoms with Crippen molar-refractivity contribution in [2.45, 2.75) is 26.8 Å². The molecule has 1 unspecified atom stereocenters. The molecule has 11 nitrogen and oxygen atoms in total. The van der Waals surface area contributed by atoms with E-state index in [1.54, 1.807) is 62.4 Å². The summed E-state index contributed by atoms with van der Waals surface area (Å²) in [6.07, 6.45) is 0. The van der Waals surface area contributed by atoms with Gasteiger partial charge in [0, 0.05) is 5.69 Å². The second kappa shape index (κ2) is 12.7. The molecule has 0 radical (unpaired) electrons. The monoisotopic (exact) mass is 539 g/mol. The van der Waals surface area contributed by atoms with Crippen molar-refractivity contribution in [3.05, 3.63) is 70.2 Å². The average molecular weight is 540 g/mol. The van der Waals surface area contributed by atoms with Crippen LogP contribution in [0.2, 0.25) is 0 Å². The van der Waals surface area contributed by atoms with Crippen LogP contribution in [0.15, 0.2) is 48.5 Å². The number of para-hydroxylation sites is 1. The van der Waals surface area contributed by atoms with Crippen LogP contribution in [-0.2, 0) is 14.3 Å². The molecule has 3 amide bonds. The smallest absolute Gasteiger partial charge is 0.325 e. The molecule has 0 aliphatic heterocycles. The Hall–Kier alpha value is -4.45. The maximum absolute atomic E-state index is 14.1. The first kappa shape index (κ1) is 28.1. The summed E-state index contributed by atoms with van der Waals surface area (Å²) in [4.78, 5) is 52.6. The molecule has 0 saturated carbocycles. The van der Waals surface area contributed by atoms with Crippen LogP contribution in [0.5, 0.6) is 5.75 Å². The summed E-state index contributed by atoms with van der Waals surface area (Å²) in [6.45, 7) is 5.48. The van der Waals surface area contributed by atoms with E-state index < -0.39 is 36.3 Å². The molecule has 1 atom stereocenters. The lowest BCUT2D eigenvalue weighted by molar-refractivity contribution is -0.143. The molecule has 38 heavy (non-hydrogen) atoms. The largest absolute Gasteiger partial charge is 0.494 e. The first-order chi connectivity index (χ1) is 18.2. The minimum atomic E-state index is -1.24. The van der Waals surface area contributed by atoms with Crippen molar-refractivity contribution in [1.82, 2.24) is 9.69 Å². The molecule has 0 aliphatic rings. The molecule has 1 aromatic heterocycles. The topological polar surface area (TPSA) is 167 Å². The lowest BCUT2D eigenvalue weighted by Crippen LogP contribution is -2.45. The second-order valence-corrected chi connectivity index (χ2v) is 8.80. The highest BCUT2D eigenvalue weighted by Gasteiger charge is 2.36. The van der Waals surface area contributed by atoms with Crippen LogP contribution in [0.4, 0.5) is 11.4 Å². The second-order valence-electron chi connectivity index (χ2n) is 8.03. The lowest BCUT2D eigenvalue weighted by atomic mass is 10.0. The Balaban J connectivity index is 2.17. The van der Waals surface area contributed by atoms with Gasteiger partial charge in [-0.05, 0) is 61.6 Å². The van der Waals surface area contributed by atoms with Gasteiger partial charge in [-0.2, -0.15) is 4.37 Å². The molecular formula is C26H29N5O6S. The first-order valence-electron chi connectivity index (χ1n) is 11.8. The number of nitrogens with one attached hydrogen (secondary N) is 1. The molecule has 3 aromatic rings. The highest BCUT2D eigenvalue weighted by molar-refractivity contribution is 7.09. The van der Waals surface area contributed by atoms with Gasteiger partial charge < -0.3 is 26.3 Å². The predicted molar refractivity (Wildman–Crippen MR) is 143 cm³/mol. The number of hydrogen-bond donors (Lipinski definition) is 3. The van der Waals surface area contributed by atoms with Gasteiger partial charge in [-0.25, -0.2) is 0 Å². The Kier molecular flexibility index (Phi) is 9.39. The number of nitrogens with zero attached hydrogens (tertiary/aromatic N) is 2. The van der Waals surface area contributed by atoms with Crippen molar-refractivity contribution in [2.75, 3.05) is 30.4 Å². The van der Waals surface area contributed by atoms with Gasteiger partial charge >= 0.3 is 5.97 Å². The number of aryl methyl sites for hydroxylation is 1. The molecular weight excluding hydrogens is 510 g/mol.